The number of carbonyl (C=O) groups excluding carboxylic acids is 1. The summed E-state index contributed by atoms with van der Waals surface area (Å²) in [5.41, 5.74) is 1.08. The Bertz CT molecular complexity index is 653. The second kappa shape index (κ2) is 7.78. The molecule has 21 heavy (non-hydrogen) atoms. The van der Waals surface area contributed by atoms with Crippen LogP contribution in [0.4, 0.5) is 0 Å². The number of amides is 1. The van der Waals surface area contributed by atoms with E-state index in [0.717, 1.165) is 17.3 Å². The zero-order valence-corrected chi connectivity index (χ0v) is 13.2. The Labute approximate surface area is 131 Å². The van der Waals surface area contributed by atoms with Crippen LogP contribution in [-0.4, -0.2) is 17.0 Å². The van der Waals surface area contributed by atoms with Crippen molar-refractivity contribution < 1.29 is 4.79 Å². The molecule has 5 heteroatoms. The van der Waals surface area contributed by atoms with Crippen LogP contribution in [0.25, 0.3) is 0 Å². The van der Waals surface area contributed by atoms with E-state index in [-0.39, 0.29) is 18.0 Å². The molecule has 0 fully saturated rings. The Kier molecular flexibility index (Phi) is 5.75. The quantitative estimate of drug-likeness (QED) is 0.814. The number of benzene rings is 1. The SMILES string of the molecule is O=C(Cn1cc(Br)ccc1=O)NCCCc1ccccc1. The van der Waals surface area contributed by atoms with Crippen LogP contribution >= 0.6 is 15.9 Å². The van der Waals surface area contributed by atoms with Gasteiger partial charge in [-0.05, 0) is 40.4 Å². The normalized spacial score (nSPS) is 10.3. The maximum Gasteiger partial charge on any atom is 0.251 e. The number of nitrogens with zero attached hydrogens (tertiary/aromatic N) is 1. The van der Waals surface area contributed by atoms with E-state index >= 15 is 0 Å². The van der Waals surface area contributed by atoms with Crippen LogP contribution in [0.2, 0.25) is 0 Å². The van der Waals surface area contributed by atoms with Crippen molar-refractivity contribution in [3.63, 3.8) is 0 Å². The molecule has 4 nitrogen and oxygen atoms in total. The highest BCUT2D eigenvalue weighted by Crippen LogP contribution is 2.04. The van der Waals surface area contributed by atoms with Crippen LogP contribution in [0.15, 0.2) is 57.9 Å². The van der Waals surface area contributed by atoms with Gasteiger partial charge in [-0.15, -0.1) is 0 Å². The summed E-state index contributed by atoms with van der Waals surface area (Å²) in [6.45, 7) is 0.653. The molecule has 0 aliphatic rings. The average molecular weight is 349 g/mol. The van der Waals surface area contributed by atoms with Gasteiger partial charge >= 0.3 is 0 Å². The molecule has 110 valence electrons. The molecule has 2 rings (SSSR count). The first-order chi connectivity index (χ1) is 10.1. The van der Waals surface area contributed by atoms with Gasteiger partial charge in [-0.3, -0.25) is 9.59 Å². The van der Waals surface area contributed by atoms with Crippen molar-refractivity contribution in [1.29, 1.82) is 0 Å². The number of halogens is 1. The van der Waals surface area contributed by atoms with E-state index in [2.05, 4.69) is 33.4 Å². The van der Waals surface area contributed by atoms with Gasteiger partial charge in [-0.2, -0.15) is 0 Å². The summed E-state index contributed by atoms with van der Waals surface area (Å²) < 4.78 is 2.16. The number of hydrogen-bond donors (Lipinski definition) is 1. The number of aromatic nitrogens is 1. The lowest BCUT2D eigenvalue weighted by molar-refractivity contribution is -0.121. The summed E-state index contributed by atoms with van der Waals surface area (Å²) in [6.07, 6.45) is 3.42. The van der Waals surface area contributed by atoms with Gasteiger partial charge in [-0.25, -0.2) is 0 Å². The Balaban J connectivity index is 1.75. The van der Waals surface area contributed by atoms with Crippen molar-refractivity contribution in [2.75, 3.05) is 6.54 Å². The smallest absolute Gasteiger partial charge is 0.251 e. The molecule has 0 unspecified atom stereocenters. The van der Waals surface area contributed by atoms with Crippen molar-refractivity contribution in [3.05, 3.63) is 69.1 Å². The van der Waals surface area contributed by atoms with Gasteiger partial charge in [0.25, 0.3) is 5.56 Å². The zero-order valence-electron chi connectivity index (χ0n) is 11.6. The standard InChI is InChI=1S/C16H17BrN2O2/c17-14-8-9-16(21)19(11-14)12-15(20)18-10-4-7-13-5-2-1-3-6-13/h1-3,5-6,8-9,11H,4,7,10,12H2,(H,18,20). The number of hydrogen-bond acceptors (Lipinski definition) is 2. The van der Waals surface area contributed by atoms with Crippen LogP contribution < -0.4 is 10.9 Å². The maximum absolute atomic E-state index is 11.8. The fraction of sp³-hybridized carbons (Fsp3) is 0.250. The first kappa shape index (κ1) is 15.5. The van der Waals surface area contributed by atoms with E-state index in [1.165, 1.54) is 16.2 Å². The van der Waals surface area contributed by atoms with Crippen LogP contribution in [0.3, 0.4) is 0 Å². The minimum Gasteiger partial charge on any atom is -0.355 e. The third-order valence-corrected chi connectivity index (χ3v) is 3.54. The molecule has 1 N–H and O–H groups in total. The summed E-state index contributed by atoms with van der Waals surface area (Å²) in [5, 5.41) is 2.83. The molecule has 1 aromatic heterocycles. The fourth-order valence-corrected chi connectivity index (χ4v) is 2.38. The van der Waals surface area contributed by atoms with E-state index in [4.69, 9.17) is 0 Å². The molecule has 0 saturated carbocycles. The Morgan fingerprint density at radius 1 is 1.14 bits per heavy atom. The van der Waals surface area contributed by atoms with Crippen LogP contribution in [0.5, 0.6) is 0 Å². The van der Waals surface area contributed by atoms with Crippen molar-refractivity contribution in [3.8, 4) is 0 Å². The van der Waals surface area contributed by atoms with Gasteiger partial charge in [0, 0.05) is 23.3 Å². The summed E-state index contributed by atoms with van der Waals surface area (Å²) in [6, 6.07) is 13.2. The first-order valence-electron chi connectivity index (χ1n) is 6.82. The third-order valence-electron chi connectivity index (χ3n) is 3.07. The van der Waals surface area contributed by atoms with Crippen molar-refractivity contribution in [1.82, 2.24) is 9.88 Å². The molecule has 0 aliphatic carbocycles. The highest BCUT2D eigenvalue weighted by atomic mass is 79.9. The second-order valence-electron chi connectivity index (χ2n) is 4.75. The lowest BCUT2D eigenvalue weighted by Crippen LogP contribution is -2.32. The molecule has 1 heterocycles. The Hall–Kier alpha value is -1.88. The van der Waals surface area contributed by atoms with Crippen molar-refractivity contribution in [2.45, 2.75) is 19.4 Å². The molecule has 0 spiro atoms. The molecule has 0 saturated heterocycles. The van der Waals surface area contributed by atoms with Crippen molar-refractivity contribution in [2.24, 2.45) is 0 Å². The van der Waals surface area contributed by atoms with Gasteiger partial charge in [0.1, 0.15) is 6.54 Å². The van der Waals surface area contributed by atoms with E-state index in [1.54, 1.807) is 12.3 Å². The van der Waals surface area contributed by atoms with E-state index in [9.17, 15) is 9.59 Å². The van der Waals surface area contributed by atoms with Gasteiger partial charge in [0.15, 0.2) is 0 Å². The highest BCUT2D eigenvalue weighted by molar-refractivity contribution is 9.10. The van der Waals surface area contributed by atoms with Crippen LogP contribution in [0, 0.1) is 0 Å². The topological polar surface area (TPSA) is 51.1 Å². The molecule has 0 atom stereocenters. The molecular formula is C16H17BrN2O2. The number of aryl methyl sites for hydroxylation is 1. The van der Waals surface area contributed by atoms with E-state index < -0.39 is 0 Å². The lowest BCUT2D eigenvalue weighted by atomic mass is 10.1. The number of pyridine rings is 1. The largest absolute Gasteiger partial charge is 0.355 e. The molecule has 0 aliphatic heterocycles. The third kappa shape index (κ3) is 5.19. The number of nitrogens with one attached hydrogen (secondary N) is 1. The Morgan fingerprint density at radius 3 is 2.67 bits per heavy atom. The summed E-state index contributed by atoms with van der Waals surface area (Å²) in [7, 11) is 0. The van der Waals surface area contributed by atoms with Crippen molar-refractivity contribution >= 4 is 21.8 Å². The molecule has 0 radical (unpaired) electrons. The van der Waals surface area contributed by atoms with Crippen LogP contribution in [-0.2, 0) is 17.8 Å². The average Bonchev–Trinajstić information content (AvgIpc) is 2.48. The van der Waals surface area contributed by atoms with Gasteiger partial charge in [0.05, 0.1) is 0 Å². The Morgan fingerprint density at radius 2 is 1.90 bits per heavy atom. The molecular weight excluding hydrogens is 332 g/mol. The zero-order chi connectivity index (χ0) is 15.1. The summed E-state index contributed by atoms with van der Waals surface area (Å²) in [5.74, 6) is -0.150. The predicted molar refractivity (Wildman–Crippen MR) is 86.2 cm³/mol. The van der Waals surface area contributed by atoms with Crippen LogP contribution in [0.1, 0.15) is 12.0 Å². The summed E-state index contributed by atoms with van der Waals surface area (Å²) in [4.78, 5) is 23.4. The molecule has 2 aromatic rings. The minimum atomic E-state index is -0.183. The van der Waals surface area contributed by atoms with Gasteiger partial charge < -0.3 is 9.88 Å². The van der Waals surface area contributed by atoms with E-state index in [0.29, 0.717) is 6.54 Å². The second-order valence-corrected chi connectivity index (χ2v) is 5.67. The fourth-order valence-electron chi connectivity index (χ4n) is 2.00. The lowest BCUT2D eigenvalue weighted by Gasteiger charge is -2.07. The predicted octanol–water partition coefficient (Wildman–Crippen LogP) is 2.36. The molecule has 1 amide bonds. The van der Waals surface area contributed by atoms with Gasteiger partial charge in [-0.1, -0.05) is 30.3 Å². The molecule has 1 aromatic carbocycles. The van der Waals surface area contributed by atoms with Gasteiger partial charge in [0.2, 0.25) is 5.91 Å². The number of carbonyl (C=O) groups is 1. The van der Waals surface area contributed by atoms with E-state index in [1.807, 2.05) is 18.2 Å². The highest BCUT2D eigenvalue weighted by Gasteiger charge is 2.04. The summed E-state index contributed by atoms with van der Waals surface area (Å²) >= 11 is 3.28. The first-order valence-corrected chi connectivity index (χ1v) is 7.61. The number of rotatable bonds is 6. The molecule has 0 bridgehead atoms. The monoisotopic (exact) mass is 348 g/mol. The minimum absolute atomic E-state index is 0.0452. The maximum atomic E-state index is 11.8.